The van der Waals surface area contributed by atoms with Crippen LogP contribution in [0.1, 0.15) is 32.6 Å². The molecule has 6 nitrogen and oxygen atoms in total. The molecule has 0 spiro atoms. The van der Waals surface area contributed by atoms with E-state index in [4.69, 9.17) is 16.3 Å². The number of halogens is 1. The number of carbonyl (C=O) groups is 1. The summed E-state index contributed by atoms with van der Waals surface area (Å²) in [5.41, 5.74) is 0.422. The van der Waals surface area contributed by atoms with Crippen LogP contribution in [0.2, 0.25) is 5.02 Å². The van der Waals surface area contributed by atoms with Gasteiger partial charge in [0.15, 0.2) is 5.16 Å². The quantitative estimate of drug-likeness (QED) is 0.411. The van der Waals surface area contributed by atoms with E-state index in [2.05, 4.69) is 17.2 Å². The molecule has 0 radical (unpaired) electrons. The summed E-state index contributed by atoms with van der Waals surface area (Å²) >= 11 is 7.33. The Kier molecular flexibility index (Phi) is 7.15. The van der Waals surface area contributed by atoms with Gasteiger partial charge >= 0.3 is 0 Å². The van der Waals surface area contributed by atoms with Crippen molar-refractivity contribution in [3.05, 3.63) is 33.6 Å². The molecule has 2 aromatic rings. The minimum Gasteiger partial charge on any atom is -0.376 e. The van der Waals surface area contributed by atoms with Crippen molar-refractivity contribution in [1.82, 2.24) is 14.9 Å². The first-order chi connectivity index (χ1) is 13.1. The molecule has 1 N–H and O–H groups in total. The molecule has 1 fully saturated rings. The molecule has 3 rings (SSSR count). The number of amides is 1. The van der Waals surface area contributed by atoms with Gasteiger partial charge in [-0.2, -0.15) is 0 Å². The highest BCUT2D eigenvalue weighted by Gasteiger charge is 2.20. The molecule has 1 aromatic carbocycles. The Bertz CT molecular complexity index is 865. The summed E-state index contributed by atoms with van der Waals surface area (Å²) in [4.78, 5) is 29.7. The zero-order valence-corrected chi connectivity index (χ0v) is 16.9. The normalized spacial score (nSPS) is 16.7. The summed E-state index contributed by atoms with van der Waals surface area (Å²) in [6, 6.07) is 5.07. The predicted molar refractivity (Wildman–Crippen MR) is 109 cm³/mol. The molecule has 2 heterocycles. The maximum absolute atomic E-state index is 13.0. The number of unbranched alkanes of at least 4 members (excludes halogenated alkanes) is 1. The van der Waals surface area contributed by atoms with Crippen LogP contribution in [0.25, 0.3) is 10.9 Å². The fourth-order valence-corrected chi connectivity index (χ4v) is 4.03. The topological polar surface area (TPSA) is 73.2 Å². The van der Waals surface area contributed by atoms with Crippen molar-refractivity contribution in [3.8, 4) is 0 Å². The number of aromatic nitrogens is 2. The SMILES string of the molecule is CCCCNC(=O)CSc1nc2cc(Cl)ccc2c(=O)n1CC1CCCO1. The van der Waals surface area contributed by atoms with Gasteiger partial charge in [0.05, 0.1) is 29.3 Å². The number of thioether (sulfide) groups is 1. The first-order valence-corrected chi connectivity index (χ1v) is 10.7. The van der Waals surface area contributed by atoms with Gasteiger partial charge in [0.2, 0.25) is 5.91 Å². The fraction of sp³-hybridized carbons (Fsp3) is 0.526. The molecule has 1 aromatic heterocycles. The van der Waals surface area contributed by atoms with E-state index in [-0.39, 0.29) is 23.3 Å². The maximum atomic E-state index is 13.0. The third kappa shape index (κ3) is 5.24. The summed E-state index contributed by atoms with van der Waals surface area (Å²) in [6.07, 6.45) is 3.91. The van der Waals surface area contributed by atoms with Gasteiger partial charge < -0.3 is 10.1 Å². The molecular weight excluding hydrogens is 386 g/mol. The summed E-state index contributed by atoms with van der Waals surface area (Å²) in [5.74, 6) is 0.158. The molecule has 146 valence electrons. The van der Waals surface area contributed by atoms with Crippen LogP contribution in [-0.2, 0) is 16.1 Å². The van der Waals surface area contributed by atoms with Crippen LogP contribution >= 0.6 is 23.4 Å². The molecule has 8 heteroatoms. The molecule has 0 aliphatic carbocycles. The Labute approximate surface area is 167 Å². The van der Waals surface area contributed by atoms with Gasteiger partial charge in [0.25, 0.3) is 5.56 Å². The number of benzene rings is 1. The second kappa shape index (κ2) is 9.57. The molecule has 1 saturated heterocycles. The van der Waals surface area contributed by atoms with Crippen molar-refractivity contribution in [2.75, 3.05) is 18.9 Å². The number of fused-ring (bicyclic) bond motifs is 1. The van der Waals surface area contributed by atoms with E-state index in [9.17, 15) is 9.59 Å². The Morgan fingerprint density at radius 3 is 3.07 bits per heavy atom. The van der Waals surface area contributed by atoms with Gasteiger partial charge in [0, 0.05) is 18.2 Å². The number of nitrogens with zero attached hydrogens (tertiary/aromatic N) is 2. The van der Waals surface area contributed by atoms with Crippen LogP contribution in [0.3, 0.4) is 0 Å². The molecule has 1 unspecified atom stereocenters. The van der Waals surface area contributed by atoms with Gasteiger partial charge in [-0.15, -0.1) is 0 Å². The third-order valence-electron chi connectivity index (χ3n) is 4.48. The number of rotatable bonds is 8. The molecular formula is C19H24ClN3O3S. The first kappa shape index (κ1) is 20.2. The maximum Gasteiger partial charge on any atom is 0.262 e. The Hall–Kier alpha value is -1.57. The van der Waals surface area contributed by atoms with Crippen LogP contribution in [-0.4, -0.2) is 40.5 Å². The lowest BCUT2D eigenvalue weighted by atomic mass is 10.2. The van der Waals surface area contributed by atoms with Crippen LogP contribution < -0.4 is 10.9 Å². The van der Waals surface area contributed by atoms with E-state index in [0.29, 0.717) is 34.2 Å². The molecule has 1 aliphatic heterocycles. The number of carbonyl (C=O) groups excluding carboxylic acids is 1. The molecule has 1 aliphatic rings. The number of nitrogens with one attached hydrogen (secondary N) is 1. The zero-order valence-electron chi connectivity index (χ0n) is 15.4. The lowest BCUT2D eigenvalue weighted by Crippen LogP contribution is -2.30. The lowest BCUT2D eigenvalue weighted by molar-refractivity contribution is -0.118. The standard InChI is InChI=1S/C19H24ClN3O3S/c1-2-3-8-21-17(24)12-27-19-22-16-10-13(20)6-7-15(16)18(25)23(19)11-14-5-4-9-26-14/h6-7,10,14H,2-5,8-9,11-12H2,1H3,(H,21,24). The van der Waals surface area contributed by atoms with Crippen molar-refractivity contribution >= 4 is 40.2 Å². The van der Waals surface area contributed by atoms with Gasteiger partial charge in [-0.1, -0.05) is 36.7 Å². The van der Waals surface area contributed by atoms with Gasteiger partial charge in [-0.05, 0) is 37.5 Å². The smallest absolute Gasteiger partial charge is 0.262 e. The van der Waals surface area contributed by atoms with E-state index in [1.807, 2.05) is 0 Å². The Morgan fingerprint density at radius 2 is 2.33 bits per heavy atom. The van der Waals surface area contributed by atoms with Crippen molar-refractivity contribution in [2.45, 2.75) is 50.4 Å². The van der Waals surface area contributed by atoms with Crippen molar-refractivity contribution in [1.29, 1.82) is 0 Å². The minimum absolute atomic E-state index is 0.00646. The van der Waals surface area contributed by atoms with Crippen molar-refractivity contribution in [2.24, 2.45) is 0 Å². The number of hydrogen-bond donors (Lipinski definition) is 1. The lowest BCUT2D eigenvalue weighted by Gasteiger charge is -2.16. The number of ether oxygens (including phenoxy) is 1. The van der Waals surface area contributed by atoms with Crippen LogP contribution in [0.15, 0.2) is 28.2 Å². The molecule has 27 heavy (non-hydrogen) atoms. The average Bonchev–Trinajstić information content (AvgIpc) is 3.16. The summed E-state index contributed by atoms with van der Waals surface area (Å²) < 4.78 is 7.33. The Balaban J connectivity index is 1.85. The fourth-order valence-electron chi connectivity index (χ4n) is 3.02. The van der Waals surface area contributed by atoms with E-state index in [1.54, 1.807) is 22.8 Å². The zero-order chi connectivity index (χ0) is 19.2. The highest BCUT2D eigenvalue weighted by Crippen LogP contribution is 2.22. The largest absolute Gasteiger partial charge is 0.376 e. The first-order valence-electron chi connectivity index (χ1n) is 9.29. The van der Waals surface area contributed by atoms with Crippen LogP contribution in [0.4, 0.5) is 0 Å². The van der Waals surface area contributed by atoms with Gasteiger partial charge in [0.1, 0.15) is 0 Å². The van der Waals surface area contributed by atoms with E-state index >= 15 is 0 Å². The summed E-state index contributed by atoms with van der Waals surface area (Å²) in [5, 5.41) is 4.46. The minimum atomic E-state index is -0.124. The van der Waals surface area contributed by atoms with Crippen molar-refractivity contribution < 1.29 is 9.53 Å². The third-order valence-corrected chi connectivity index (χ3v) is 5.69. The van der Waals surface area contributed by atoms with Gasteiger partial charge in [-0.3, -0.25) is 14.2 Å². The van der Waals surface area contributed by atoms with Crippen LogP contribution in [0, 0.1) is 0 Å². The second-order valence-electron chi connectivity index (χ2n) is 6.60. The monoisotopic (exact) mass is 409 g/mol. The van der Waals surface area contributed by atoms with E-state index < -0.39 is 0 Å². The second-order valence-corrected chi connectivity index (χ2v) is 7.98. The highest BCUT2D eigenvalue weighted by atomic mass is 35.5. The predicted octanol–water partition coefficient (Wildman–Crippen LogP) is 3.24. The van der Waals surface area contributed by atoms with E-state index in [1.165, 1.54) is 11.8 Å². The summed E-state index contributed by atoms with van der Waals surface area (Å²) in [7, 11) is 0. The summed E-state index contributed by atoms with van der Waals surface area (Å²) in [6.45, 7) is 3.91. The Morgan fingerprint density at radius 1 is 1.48 bits per heavy atom. The molecule has 1 amide bonds. The number of hydrogen-bond acceptors (Lipinski definition) is 5. The van der Waals surface area contributed by atoms with Crippen molar-refractivity contribution in [3.63, 3.8) is 0 Å². The molecule has 0 bridgehead atoms. The van der Waals surface area contributed by atoms with Crippen LogP contribution in [0.5, 0.6) is 0 Å². The average molecular weight is 410 g/mol. The van der Waals surface area contributed by atoms with Gasteiger partial charge in [-0.25, -0.2) is 4.98 Å². The van der Waals surface area contributed by atoms with E-state index in [0.717, 1.165) is 32.3 Å². The highest BCUT2D eigenvalue weighted by molar-refractivity contribution is 7.99. The molecule has 0 saturated carbocycles. The molecule has 1 atom stereocenters.